The Morgan fingerprint density at radius 3 is 2.59 bits per heavy atom. The van der Waals surface area contributed by atoms with Gasteiger partial charge >= 0.3 is 5.97 Å². The fourth-order valence-electron chi connectivity index (χ4n) is 2.50. The number of halogens is 2. The number of para-hydroxylation sites is 1. The maximum Gasteiger partial charge on any atom is 0.359 e. The Morgan fingerprint density at radius 2 is 1.84 bits per heavy atom. The second-order valence-electron chi connectivity index (χ2n) is 6.45. The zero-order chi connectivity index (χ0) is 23.1. The minimum atomic E-state index is -0.871. The van der Waals surface area contributed by atoms with E-state index in [9.17, 15) is 14.4 Å². The molecule has 0 saturated heterocycles. The highest BCUT2D eigenvalue weighted by molar-refractivity contribution is 6.36. The van der Waals surface area contributed by atoms with Crippen molar-refractivity contribution in [3.63, 3.8) is 0 Å². The number of nitrogens with one attached hydrogen (secondary N) is 1. The van der Waals surface area contributed by atoms with Crippen LogP contribution < -0.4 is 15.6 Å². The van der Waals surface area contributed by atoms with Gasteiger partial charge < -0.3 is 14.8 Å². The van der Waals surface area contributed by atoms with Crippen molar-refractivity contribution in [1.29, 1.82) is 0 Å². The zero-order valence-corrected chi connectivity index (χ0v) is 18.4. The molecule has 0 radical (unpaired) electrons. The van der Waals surface area contributed by atoms with Crippen LogP contribution in [0.3, 0.4) is 0 Å². The number of benzene rings is 1. The zero-order valence-electron chi connectivity index (χ0n) is 16.9. The third-order valence-corrected chi connectivity index (χ3v) is 4.76. The van der Waals surface area contributed by atoms with Gasteiger partial charge in [-0.2, -0.15) is 5.10 Å². The van der Waals surface area contributed by atoms with Crippen LogP contribution in [-0.2, 0) is 16.1 Å². The highest BCUT2D eigenvalue weighted by atomic mass is 35.5. The van der Waals surface area contributed by atoms with E-state index in [1.54, 1.807) is 19.1 Å². The van der Waals surface area contributed by atoms with E-state index in [0.29, 0.717) is 16.5 Å². The molecule has 11 heteroatoms. The number of anilines is 1. The molecule has 0 aliphatic heterocycles. The van der Waals surface area contributed by atoms with Crippen LogP contribution in [0.2, 0.25) is 10.0 Å². The van der Waals surface area contributed by atoms with Crippen LogP contribution in [-0.4, -0.2) is 39.9 Å². The molecule has 1 amide bonds. The lowest BCUT2D eigenvalue weighted by atomic mass is 10.3. The van der Waals surface area contributed by atoms with Crippen molar-refractivity contribution in [2.75, 3.05) is 18.5 Å². The molecule has 9 nitrogen and oxygen atoms in total. The molecular weight excluding hydrogens is 459 g/mol. The maximum absolute atomic E-state index is 12.3. The van der Waals surface area contributed by atoms with E-state index in [1.165, 1.54) is 18.2 Å². The number of aromatic nitrogens is 3. The normalized spacial score (nSPS) is 10.5. The summed E-state index contributed by atoms with van der Waals surface area (Å²) in [5.41, 5.74) is -0.0588. The molecule has 0 spiro atoms. The smallest absolute Gasteiger partial charge is 0.359 e. The number of rotatable bonds is 8. The number of esters is 1. The molecule has 32 heavy (non-hydrogen) atoms. The molecule has 3 rings (SSSR count). The molecule has 2 aromatic heterocycles. The Kier molecular flexibility index (Phi) is 7.80. The molecule has 2 heterocycles. The van der Waals surface area contributed by atoms with E-state index in [-0.39, 0.29) is 29.7 Å². The number of hydrogen-bond acceptors (Lipinski definition) is 7. The van der Waals surface area contributed by atoms with Crippen molar-refractivity contribution in [1.82, 2.24) is 14.8 Å². The molecule has 0 atom stereocenters. The number of carbonyl (C=O) groups excluding carboxylic acids is 2. The standard InChI is InChI=1S/C21H18Cl2N4O5/c1-13-15(22)11-16(23)20(24-13)25-18(28)12-32-21(30)17-7-8-19(29)27(26-17)9-10-31-14-5-3-2-4-6-14/h2-8,11H,9-10,12H2,1H3,(H,24,25,28). The summed E-state index contributed by atoms with van der Waals surface area (Å²) < 4.78 is 11.6. The third-order valence-electron chi connectivity index (χ3n) is 4.09. The lowest BCUT2D eigenvalue weighted by molar-refractivity contribution is -0.119. The molecular formula is C21H18Cl2N4O5. The first-order valence-corrected chi connectivity index (χ1v) is 10.1. The summed E-state index contributed by atoms with van der Waals surface area (Å²) in [5, 5.41) is 6.91. The van der Waals surface area contributed by atoms with Crippen molar-refractivity contribution >= 4 is 40.9 Å². The van der Waals surface area contributed by atoms with E-state index < -0.39 is 24.0 Å². The molecule has 3 aromatic rings. The quantitative estimate of drug-likeness (QED) is 0.496. The fourth-order valence-corrected chi connectivity index (χ4v) is 2.91. The SMILES string of the molecule is Cc1nc(NC(=O)COC(=O)c2ccc(=O)n(CCOc3ccccc3)n2)c(Cl)cc1Cl. The number of carbonyl (C=O) groups is 2. The van der Waals surface area contributed by atoms with Crippen molar-refractivity contribution in [3.8, 4) is 5.75 Å². The van der Waals surface area contributed by atoms with Crippen LogP contribution in [0, 0.1) is 6.92 Å². The number of pyridine rings is 1. The van der Waals surface area contributed by atoms with Crippen molar-refractivity contribution in [3.05, 3.63) is 80.3 Å². The van der Waals surface area contributed by atoms with Gasteiger partial charge in [-0.1, -0.05) is 41.4 Å². The van der Waals surface area contributed by atoms with Gasteiger partial charge in [0.15, 0.2) is 18.1 Å². The Balaban J connectivity index is 1.55. The maximum atomic E-state index is 12.3. The highest BCUT2D eigenvalue weighted by Crippen LogP contribution is 2.25. The first-order chi connectivity index (χ1) is 15.3. The molecule has 0 fully saturated rings. The Morgan fingerprint density at radius 1 is 1.09 bits per heavy atom. The molecule has 0 unspecified atom stereocenters. The molecule has 0 bridgehead atoms. The van der Waals surface area contributed by atoms with Gasteiger partial charge in [0.1, 0.15) is 12.4 Å². The molecule has 0 saturated carbocycles. The molecule has 0 aliphatic rings. The van der Waals surface area contributed by atoms with Crippen LogP contribution in [0.1, 0.15) is 16.2 Å². The van der Waals surface area contributed by atoms with E-state index >= 15 is 0 Å². The van der Waals surface area contributed by atoms with Gasteiger partial charge in [0.05, 0.1) is 22.3 Å². The van der Waals surface area contributed by atoms with Gasteiger partial charge in [-0.15, -0.1) is 0 Å². The Labute approximate surface area is 192 Å². The summed E-state index contributed by atoms with van der Waals surface area (Å²) in [6.45, 7) is 1.35. The predicted octanol–water partition coefficient (Wildman–Crippen LogP) is 3.13. The summed E-state index contributed by atoms with van der Waals surface area (Å²) in [5.74, 6) is -0.782. The molecule has 1 aromatic carbocycles. The van der Waals surface area contributed by atoms with Crippen LogP contribution in [0.15, 0.2) is 53.3 Å². The summed E-state index contributed by atoms with van der Waals surface area (Å²) in [6.07, 6.45) is 0. The number of nitrogens with zero attached hydrogens (tertiary/aromatic N) is 3. The van der Waals surface area contributed by atoms with Gasteiger partial charge in [0.2, 0.25) is 0 Å². The largest absolute Gasteiger partial charge is 0.492 e. The van der Waals surface area contributed by atoms with Crippen LogP contribution in [0.5, 0.6) is 5.75 Å². The first-order valence-electron chi connectivity index (χ1n) is 9.39. The minimum absolute atomic E-state index is 0.0970. The van der Waals surface area contributed by atoms with E-state index in [0.717, 1.165) is 4.68 Å². The number of ether oxygens (including phenoxy) is 2. The highest BCUT2D eigenvalue weighted by Gasteiger charge is 2.15. The Bertz CT molecular complexity index is 1180. The topological polar surface area (TPSA) is 112 Å². The lowest BCUT2D eigenvalue weighted by Crippen LogP contribution is -2.28. The average molecular weight is 477 g/mol. The van der Waals surface area contributed by atoms with Crippen molar-refractivity contribution < 1.29 is 19.1 Å². The monoisotopic (exact) mass is 476 g/mol. The lowest BCUT2D eigenvalue weighted by Gasteiger charge is -2.10. The number of amides is 1. The molecule has 0 aliphatic carbocycles. The molecule has 166 valence electrons. The van der Waals surface area contributed by atoms with Crippen LogP contribution >= 0.6 is 23.2 Å². The number of hydrogen-bond donors (Lipinski definition) is 1. The van der Waals surface area contributed by atoms with Crippen molar-refractivity contribution in [2.45, 2.75) is 13.5 Å². The van der Waals surface area contributed by atoms with E-state index in [4.69, 9.17) is 32.7 Å². The second-order valence-corrected chi connectivity index (χ2v) is 7.27. The van der Waals surface area contributed by atoms with Gasteiger partial charge in [-0.25, -0.2) is 14.5 Å². The summed E-state index contributed by atoms with van der Waals surface area (Å²) in [7, 11) is 0. The van der Waals surface area contributed by atoms with Gasteiger partial charge in [0.25, 0.3) is 11.5 Å². The van der Waals surface area contributed by atoms with E-state index in [1.807, 2.05) is 18.2 Å². The van der Waals surface area contributed by atoms with Crippen molar-refractivity contribution in [2.24, 2.45) is 0 Å². The van der Waals surface area contributed by atoms with Crippen LogP contribution in [0.25, 0.3) is 0 Å². The number of aryl methyl sites for hydroxylation is 1. The summed E-state index contributed by atoms with van der Waals surface area (Å²) in [6, 6.07) is 12.9. The first kappa shape index (κ1) is 23.2. The van der Waals surface area contributed by atoms with E-state index in [2.05, 4.69) is 15.4 Å². The van der Waals surface area contributed by atoms with Crippen LogP contribution in [0.4, 0.5) is 5.82 Å². The fraction of sp³-hybridized carbons (Fsp3) is 0.190. The Hall–Kier alpha value is -3.43. The second kappa shape index (κ2) is 10.7. The van der Waals surface area contributed by atoms with Gasteiger partial charge in [0, 0.05) is 6.07 Å². The third kappa shape index (κ3) is 6.29. The average Bonchev–Trinajstić information content (AvgIpc) is 2.78. The van der Waals surface area contributed by atoms with Gasteiger partial charge in [-0.3, -0.25) is 9.59 Å². The predicted molar refractivity (Wildman–Crippen MR) is 118 cm³/mol. The summed E-state index contributed by atoms with van der Waals surface area (Å²) >= 11 is 11.9. The van der Waals surface area contributed by atoms with Gasteiger partial charge in [-0.05, 0) is 31.2 Å². The molecule has 1 N–H and O–H groups in total. The summed E-state index contributed by atoms with van der Waals surface area (Å²) in [4.78, 5) is 40.4. The minimum Gasteiger partial charge on any atom is -0.492 e.